The van der Waals surface area contributed by atoms with Gasteiger partial charge in [0.25, 0.3) is 0 Å². The Hall–Kier alpha value is -3.33. The smallest absolute Gasteiger partial charge is 0.430 e. The van der Waals surface area contributed by atoms with Gasteiger partial charge in [-0.3, -0.25) is 0 Å². The Bertz CT molecular complexity index is 1190. The Morgan fingerprint density at radius 1 is 1.07 bits per heavy atom. The van der Waals surface area contributed by atoms with Crippen LogP contribution in [0, 0.1) is 0 Å². The fourth-order valence-electron chi connectivity index (χ4n) is 5.15. The van der Waals surface area contributed by atoms with Crippen LogP contribution in [0.3, 0.4) is 0 Å². The molecule has 4 rings (SSSR count). The molecule has 232 valence electrons. The Kier molecular flexibility index (Phi) is 9.40. The van der Waals surface area contributed by atoms with Crippen LogP contribution in [0.4, 0.5) is 42.8 Å². The van der Waals surface area contributed by atoms with Gasteiger partial charge < -0.3 is 24.5 Å². The number of benzene rings is 1. The number of hydroxylamine groups is 2. The summed E-state index contributed by atoms with van der Waals surface area (Å²) in [6.45, 7) is 5.84. The van der Waals surface area contributed by atoms with Crippen LogP contribution in [-0.2, 0) is 28.5 Å². The number of carbonyl (C=O) groups is 1. The van der Waals surface area contributed by atoms with E-state index in [1.807, 2.05) is 11.8 Å². The lowest BCUT2D eigenvalue weighted by Crippen LogP contribution is -2.39. The molecule has 1 aromatic heterocycles. The number of ether oxygens (including phenoxy) is 1. The van der Waals surface area contributed by atoms with Gasteiger partial charge in [0.2, 0.25) is 5.95 Å². The maximum Gasteiger partial charge on any atom is 0.528 e. The standard InChI is InChI=1S/C27H33F6N5O4/c1-4-20-10-21(14-38(20)42-25(40)41-16(2)3)37(24-34-11-22(12-35-24)36-6-5-23(39)15-36)13-17-7-18(26(28,29)30)9-19(8-17)27(31,32)33/h7-9,11-12,16,20-21,23,39H,4-6,10,13-15H2,1-3H3/t20-,21+,23+/m1/s1. The molecule has 42 heavy (non-hydrogen) atoms. The summed E-state index contributed by atoms with van der Waals surface area (Å²) in [6, 6.07) is 0.619. The molecule has 1 N–H and O–H groups in total. The zero-order valence-corrected chi connectivity index (χ0v) is 23.3. The van der Waals surface area contributed by atoms with Crippen LogP contribution >= 0.6 is 0 Å². The van der Waals surface area contributed by atoms with E-state index in [-0.39, 0.29) is 36.7 Å². The van der Waals surface area contributed by atoms with Crippen LogP contribution in [0.1, 0.15) is 56.7 Å². The van der Waals surface area contributed by atoms with E-state index in [1.54, 1.807) is 13.8 Å². The van der Waals surface area contributed by atoms with Crippen molar-refractivity contribution in [2.75, 3.05) is 29.4 Å². The first-order chi connectivity index (χ1) is 19.6. The zero-order valence-electron chi connectivity index (χ0n) is 23.3. The molecule has 1 aromatic carbocycles. The van der Waals surface area contributed by atoms with Crippen molar-refractivity contribution < 1.29 is 45.8 Å². The fourth-order valence-corrected chi connectivity index (χ4v) is 5.15. The Balaban J connectivity index is 1.68. The summed E-state index contributed by atoms with van der Waals surface area (Å²) in [7, 11) is 0. The molecule has 2 fully saturated rings. The van der Waals surface area contributed by atoms with Crippen molar-refractivity contribution >= 4 is 17.8 Å². The molecule has 0 radical (unpaired) electrons. The molecule has 0 spiro atoms. The first-order valence-corrected chi connectivity index (χ1v) is 13.6. The van der Waals surface area contributed by atoms with Crippen LogP contribution in [0.2, 0.25) is 0 Å². The van der Waals surface area contributed by atoms with Gasteiger partial charge >= 0.3 is 18.5 Å². The third-order valence-electron chi connectivity index (χ3n) is 7.19. The van der Waals surface area contributed by atoms with Crippen LogP contribution in [-0.4, -0.2) is 70.2 Å². The maximum absolute atomic E-state index is 13.6. The molecule has 15 heteroatoms. The normalized spacial score (nSPS) is 21.7. The van der Waals surface area contributed by atoms with Gasteiger partial charge in [-0.25, -0.2) is 14.8 Å². The number of aromatic nitrogens is 2. The number of anilines is 2. The van der Waals surface area contributed by atoms with Crippen molar-refractivity contribution in [1.82, 2.24) is 15.0 Å². The quantitative estimate of drug-likeness (QED) is 0.313. The number of nitrogens with zero attached hydrogens (tertiary/aromatic N) is 5. The maximum atomic E-state index is 13.6. The van der Waals surface area contributed by atoms with Gasteiger partial charge in [0, 0.05) is 31.7 Å². The minimum Gasteiger partial charge on any atom is -0.430 e. The van der Waals surface area contributed by atoms with Gasteiger partial charge in [0.1, 0.15) is 0 Å². The first-order valence-electron chi connectivity index (χ1n) is 13.6. The highest BCUT2D eigenvalue weighted by atomic mass is 19.4. The SMILES string of the molecule is CC[C@@H]1C[C@H](N(Cc2cc(C(F)(F)F)cc(C(F)(F)F)c2)c2ncc(N3CC[C@H](O)C3)cn2)CN1OC(=O)OC(C)C. The number of hydrogen-bond acceptors (Lipinski definition) is 9. The van der Waals surface area contributed by atoms with E-state index >= 15 is 0 Å². The van der Waals surface area contributed by atoms with Gasteiger partial charge in [-0.15, -0.1) is 5.06 Å². The molecule has 0 saturated carbocycles. The summed E-state index contributed by atoms with van der Waals surface area (Å²) in [5.41, 5.74) is -2.46. The van der Waals surface area contributed by atoms with E-state index < -0.39 is 47.9 Å². The molecule has 0 bridgehead atoms. The summed E-state index contributed by atoms with van der Waals surface area (Å²) in [5, 5.41) is 11.3. The molecule has 0 aliphatic carbocycles. The third kappa shape index (κ3) is 7.73. The van der Waals surface area contributed by atoms with Crippen molar-refractivity contribution in [3.63, 3.8) is 0 Å². The highest BCUT2D eigenvalue weighted by molar-refractivity contribution is 5.59. The van der Waals surface area contributed by atoms with E-state index in [4.69, 9.17) is 9.57 Å². The van der Waals surface area contributed by atoms with E-state index in [0.29, 0.717) is 50.2 Å². The third-order valence-corrected chi connectivity index (χ3v) is 7.19. The Morgan fingerprint density at radius 3 is 2.19 bits per heavy atom. The molecule has 0 amide bonds. The second-order valence-corrected chi connectivity index (χ2v) is 10.7. The largest absolute Gasteiger partial charge is 0.528 e. The zero-order chi connectivity index (χ0) is 30.8. The summed E-state index contributed by atoms with van der Waals surface area (Å²) < 4.78 is 86.6. The van der Waals surface area contributed by atoms with E-state index in [0.717, 1.165) is 0 Å². The van der Waals surface area contributed by atoms with Crippen LogP contribution in [0.15, 0.2) is 30.6 Å². The summed E-state index contributed by atoms with van der Waals surface area (Å²) in [6.07, 6.45) is -7.37. The second-order valence-electron chi connectivity index (χ2n) is 10.7. The van der Waals surface area contributed by atoms with Gasteiger partial charge in [-0.2, -0.15) is 26.3 Å². The average molecular weight is 606 g/mol. The second kappa shape index (κ2) is 12.5. The first kappa shape index (κ1) is 31.6. The number of halogens is 6. The summed E-state index contributed by atoms with van der Waals surface area (Å²) >= 11 is 0. The molecular formula is C27H33F6N5O4. The van der Waals surface area contributed by atoms with Gasteiger partial charge in [0.15, 0.2) is 0 Å². The summed E-state index contributed by atoms with van der Waals surface area (Å²) in [5.74, 6) is 0.0796. The molecule has 3 heterocycles. The number of hydrogen-bond donors (Lipinski definition) is 1. The van der Waals surface area contributed by atoms with Crippen molar-refractivity contribution in [1.29, 1.82) is 0 Å². The highest BCUT2D eigenvalue weighted by Crippen LogP contribution is 2.37. The lowest BCUT2D eigenvalue weighted by molar-refractivity contribution is -0.143. The number of alkyl halides is 6. The molecule has 2 aromatic rings. The van der Waals surface area contributed by atoms with Gasteiger partial charge in [-0.05, 0) is 56.9 Å². The lowest BCUT2D eigenvalue weighted by atomic mass is 10.0. The number of β-amino-alcohol motifs (C(OH)–C–C–N with tert-alkyl or cyclic N) is 1. The number of carbonyl (C=O) groups excluding carboxylic acids is 1. The predicted octanol–water partition coefficient (Wildman–Crippen LogP) is 5.42. The predicted molar refractivity (Wildman–Crippen MR) is 139 cm³/mol. The van der Waals surface area contributed by atoms with Crippen molar-refractivity contribution in [3.05, 3.63) is 47.3 Å². The number of rotatable bonds is 8. The Morgan fingerprint density at radius 2 is 1.69 bits per heavy atom. The highest BCUT2D eigenvalue weighted by Gasteiger charge is 2.40. The van der Waals surface area contributed by atoms with E-state index in [1.165, 1.54) is 22.4 Å². The van der Waals surface area contributed by atoms with E-state index in [9.17, 15) is 36.2 Å². The van der Waals surface area contributed by atoms with Crippen molar-refractivity contribution in [2.45, 2.75) is 83.2 Å². The minimum atomic E-state index is -5.00. The fraction of sp³-hybridized carbons (Fsp3) is 0.593. The molecule has 2 saturated heterocycles. The van der Waals surface area contributed by atoms with Gasteiger partial charge in [0.05, 0.1) is 48.0 Å². The molecule has 2 aliphatic rings. The molecule has 3 atom stereocenters. The molecular weight excluding hydrogens is 572 g/mol. The monoisotopic (exact) mass is 605 g/mol. The minimum absolute atomic E-state index is 0.0796. The van der Waals surface area contributed by atoms with Crippen LogP contribution in [0.25, 0.3) is 0 Å². The lowest BCUT2D eigenvalue weighted by Gasteiger charge is -2.30. The van der Waals surface area contributed by atoms with Gasteiger partial charge in [-0.1, -0.05) is 6.92 Å². The number of aliphatic hydroxyl groups is 1. The van der Waals surface area contributed by atoms with E-state index in [2.05, 4.69) is 9.97 Å². The molecule has 9 nitrogen and oxygen atoms in total. The van der Waals surface area contributed by atoms with Crippen LogP contribution < -0.4 is 9.80 Å². The average Bonchev–Trinajstić information content (AvgIpc) is 3.51. The molecule has 2 aliphatic heterocycles. The topological polar surface area (TPSA) is 91.3 Å². The number of aliphatic hydroxyl groups excluding tert-OH is 1. The Labute approximate surface area is 239 Å². The molecule has 0 unspecified atom stereocenters. The van der Waals surface area contributed by atoms with Crippen molar-refractivity contribution in [2.24, 2.45) is 0 Å². The van der Waals surface area contributed by atoms with Crippen molar-refractivity contribution in [3.8, 4) is 0 Å². The summed E-state index contributed by atoms with van der Waals surface area (Å²) in [4.78, 5) is 29.8. The van der Waals surface area contributed by atoms with Crippen LogP contribution in [0.5, 0.6) is 0 Å².